The predicted octanol–water partition coefficient (Wildman–Crippen LogP) is 3.84. The van der Waals surface area contributed by atoms with Gasteiger partial charge in [0.05, 0.1) is 17.8 Å². The highest BCUT2D eigenvalue weighted by atomic mass is 19.1. The Morgan fingerprint density at radius 3 is 2.65 bits per heavy atom. The quantitative estimate of drug-likeness (QED) is 0.765. The Hall–Kier alpha value is -2.26. The first kappa shape index (κ1) is 12.8. The number of nitrogens with zero attached hydrogens (tertiary/aromatic N) is 1. The molecule has 1 heterocycles. The van der Waals surface area contributed by atoms with Gasteiger partial charge in [-0.05, 0) is 30.7 Å². The zero-order chi connectivity index (χ0) is 14.1. The third-order valence-electron chi connectivity index (χ3n) is 3.41. The van der Waals surface area contributed by atoms with Crippen LogP contribution >= 0.6 is 0 Å². The van der Waals surface area contributed by atoms with Crippen molar-refractivity contribution in [1.82, 2.24) is 4.98 Å². The van der Waals surface area contributed by atoms with Crippen LogP contribution in [0.15, 0.2) is 48.5 Å². The van der Waals surface area contributed by atoms with E-state index in [1.165, 1.54) is 6.07 Å². The van der Waals surface area contributed by atoms with E-state index in [9.17, 15) is 4.39 Å². The van der Waals surface area contributed by atoms with Gasteiger partial charge in [0.1, 0.15) is 5.82 Å². The van der Waals surface area contributed by atoms with E-state index in [4.69, 9.17) is 5.11 Å². The number of para-hydroxylation sites is 1. The van der Waals surface area contributed by atoms with Crippen LogP contribution in [0.1, 0.15) is 11.1 Å². The molecule has 0 fully saturated rings. The highest BCUT2D eigenvalue weighted by molar-refractivity contribution is 5.83. The summed E-state index contributed by atoms with van der Waals surface area (Å²) in [6.45, 7) is 1.67. The van der Waals surface area contributed by atoms with E-state index in [-0.39, 0.29) is 6.61 Å². The van der Waals surface area contributed by atoms with E-state index in [2.05, 4.69) is 11.1 Å². The summed E-state index contributed by atoms with van der Waals surface area (Å²) in [6, 6.07) is 14.7. The van der Waals surface area contributed by atoms with Gasteiger partial charge in [0.25, 0.3) is 0 Å². The third-order valence-corrected chi connectivity index (χ3v) is 3.41. The van der Waals surface area contributed by atoms with E-state index >= 15 is 0 Å². The monoisotopic (exact) mass is 267 g/mol. The molecular formula is C17H14FNO. The first-order valence-corrected chi connectivity index (χ1v) is 6.45. The Bertz CT molecular complexity index is 783. The maximum atomic E-state index is 13.8. The lowest BCUT2D eigenvalue weighted by Gasteiger charge is -2.09. The molecule has 3 aromatic rings. The van der Waals surface area contributed by atoms with Gasteiger partial charge in [-0.3, -0.25) is 0 Å². The van der Waals surface area contributed by atoms with Crippen LogP contribution in [0, 0.1) is 12.7 Å². The van der Waals surface area contributed by atoms with Crippen molar-refractivity contribution in [2.45, 2.75) is 13.5 Å². The van der Waals surface area contributed by atoms with Crippen LogP contribution in [-0.2, 0) is 6.61 Å². The molecule has 3 heteroatoms. The van der Waals surface area contributed by atoms with Crippen LogP contribution in [0.5, 0.6) is 0 Å². The SMILES string of the molecule is Cc1cc2ccccc2nc1-c1ccc(CO)c(F)c1. The Morgan fingerprint density at radius 2 is 1.90 bits per heavy atom. The van der Waals surface area contributed by atoms with Crippen molar-refractivity contribution in [3.05, 3.63) is 65.5 Å². The Labute approximate surface area is 116 Å². The van der Waals surface area contributed by atoms with Gasteiger partial charge in [-0.15, -0.1) is 0 Å². The highest BCUT2D eigenvalue weighted by Crippen LogP contribution is 2.26. The second-order valence-electron chi connectivity index (χ2n) is 4.81. The first-order valence-electron chi connectivity index (χ1n) is 6.45. The van der Waals surface area contributed by atoms with Gasteiger partial charge >= 0.3 is 0 Å². The topological polar surface area (TPSA) is 33.1 Å². The molecule has 0 aliphatic rings. The van der Waals surface area contributed by atoms with E-state index in [1.807, 2.05) is 31.2 Å². The lowest BCUT2D eigenvalue weighted by atomic mass is 10.0. The summed E-state index contributed by atoms with van der Waals surface area (Å²) in [5.74, 6) is -0.403. The van der Waals surface area contributed by atoms with Gasteiger partial charge in [0, 0.05) is 16.5 Å². The normalized spacial score (nSPS) is 10.9. The molecule has 0 saturated carbocycles. The maximum Gasteiger partial charge on any atom is 0.129 e. The zero-order valence-corrected chi connectivity index (χ0v) is 11.1. The molecule has 0 amide bonds. The van der Waals surface area contributed by atoms with Crippen LogP contribution < -0.4 is 0 Å². The Morgan fingerprint density at radius 1 is 1.10 bits per heavy atom. The lowest BCUT2D eigenvalue weighted by molar-refractivity contribution is 0.276. The summed E-state index contributed by atoms with van der Waals surface area (Å²) in [5, 5.41) is 10.1. The zero-order valence-electron chi connectivity index (χ0n) is 11.1. The van der Waals surface area contributed by atoms with Crippen molar-refractivity contribution in [2.75, 3.05) is 0 Å². The number of aliphatic hydroxyl groups excluding tert-OH is 1. The fourth-order valence-corrected chi connectivity index (χ4v) is 2.34. The molecule has 1 N–H and O–H groups in total. The summed E-state index contributed by atoms with van der Waals surface area (Å²) in [7, 11) is 0. The number of aliphatic hydroxyl groups is 1. The van der Waals surface area contributed by atoms with Crippen LogP contribution in [0.25, 0.3) is 22.2 Å². The van der Waals surface area contributed by atoms with Crippen molar-refractivity contribution in [3.63, 3.8) is 0 Å². The van der Waals surface area contributed by atoms with E-state index < -0.39 is 5.82 Å². The number of hydrogen-bond acceptors (Lipinski definition) is 2. The molecule has 2 nitrogen and oxygen atoms in total. The van der Waals surface area contributed by atoms with Crippen LogP contribution in [0.2, 0.25) is 0 Å². The second-order valence-corrected chi connectivity index (χ2v) is 4.81. The van der Waals surface area contributed by atoms with E-state index in [0.29, 0.717) is 5.56 Å². The Kier molecular flexibility index (Phi) is 3.20. The molecule has 0 atom stereocenters. The fourth-order valence-electron chi connectivity index (χ4n) is 2.34. The van der Waals surface area contributed by atoms with Crippen LogP contribution in [0.3, 0.4) is 0 Å². The molecule has 1 aromatic heterocycles. The molecule has 20 heavy (non-hydrogen) atoms. The Balaban J connectivity index is 2.18. The number of benzene rings is 2. The molecule has 3 rings (SSSR count). The number of aryl methyl sites for hydroxylation is 1. The molecular weight excluding hydrogens is 253 g/mol. The van der Waals surface area contributed by atoms with E-state index in [0.717, 1.165) is 27.7 Å². The minimum atomic E-state index is -0.403. The second kappa shape index (κ2) is 5.02. The molecule has 0 aliphatic carbocycles. The van der Waals surface area contributed by atoms with Crippen molar-refractivity contribution >= 4 is 10.9 Å². The number of pyridine rings is 1. The molecule has 2 aromatic carbocycles. The van der Waals surface area contributed by atoms with Crippen molar-refractivity contribution in [3.8, 4) is 11.3 Å². The number of aromatic nitrogens is 1. The van der Waals surface area contributed by atoms with E-state index in [1.54, 1.807) is 12.1 Å². The number of rotatable bonds is 2. The van der Waals surface area contributed by atoms with Gasteiger partial charge in [0.15, 0.2) is 0 Å². The van der Waals surface area contributed by atoms with Gasteiger partial charge in [-0.25, -0.2) is 9.37 Å². The van der Waals surface area contributed by atoms with Gasteiger partial charge in [-0.2, -0.15) is 0 Å². The minimum absolute atomic E-state index is 0.295. The number of fused-ring (bicyclic) bond motifs is 1. The van der Waals surface area contributed by atoms with Crippen molar-refractivity contribution in [1.29, 1.82) is 0 Å². The average Bonchev–Trinajstić information content (AvgIpc) is 2.46. The van der Waals surface area contributed by atoms with Crippen molar-refractivity contribution in [2.24, 2.45) is 0 Å². The average molecular weight is 267 g/mol. The van der Waals surface area contributed by atoms with Gasteiger partial charge in [-0.1, -0.05) is 30.3 Å². The molecule has 100 valence electrons. The smallest absolute Gasteiger partial charge is 0.129 e. The van der Waals surface area contributed by atoms with Gasteiger partial charge in [0.2, 0.25) is 0 Å². The molecule has 0 radical (unpaired) electrons. The number of hydrogen-bond donors (Lipinski definition) is 1. The van der Waals surface area contributed by atoms with Crippen LogP contribution in [-0.4, -0.2) is 10.1 Å². The predicted molar refractivity (Wildman–Crippen MR) is 77.8 cm³/mol. The first-order chi connectivity index (χ1) is 9.69. The molecule has 0 bridgehead atoms. The standard InChI is InChI=1S/C17H14FNO/c1-11-8-12-4-2-3-5-16(12)19-17(11)13-6-7-14(10-20)15(18)9-13/h2-9,20H,10H2,1H3. The minimum Gasteiger partial charge on any atom is -0.392 e. The summed E-state index contributed by atoms with van der Waals surface area (Å²) in [4.78, 5) is 4.61. The number of halogens is 1. The molecule has 0 aliphatic heterocycles. The summed E-state index contributed by atoms with van der Waals surface area (Å²) in [6.07, 6.45) is 0. The third kappa shape index (κ3) is 2.17. The largest absolute Gasteiger partial charge is 0.392 e. The summed E-state index contributed by atoms with van der Waals surface area (Å²) in [5.41, 5.74) is 3.68. The molecule has 0 spiro atoms. The van der Waals surface area contributed by atoms with Gasteiger partial charge < -0.3 is 5.11 Å². The molecule has 0 saturated heterocycles. The lowest BCUT2D eigenvalue weighted by Crippen LogP contribution is -1.94. The maximum absolute atomic E-state index is 13.8. The highest BCUT2D eigenvalue weighted by Gasteiger charge is 2.09. The van der Waals surface area contributed by atoms with Crippen LogP contribution in [0.4, 0.5) is 4.39 Å². The summed E-state index contributed by atoms with van der Waals surface area (Å²) < 4.78 is 13.8. The fraction of sp³-hybridized carbons (Fsp3) is 0.118. The summed E-state index contributed by atoms with van der Waals surface area (Å²) >= 11 is 0. The molecule has 0 unspecified atom stereocenters. The van der Waals surface area contributed by atoms with Crippen molar-refractivity contribution < 1.29 is 9.50 Å².